The number of hydrogen-bond acceptors (Lipinski definition) is 3. The summed E-state index contributed by atoms with van der Waals surface area (Å²) in [7, 11) is -3.96. The van der Waals surface area contributed by atoms with E-state index in [-0.39, 0.29) is 16.3 Å². The van der Waals surface area contributed by atoms with Crippen molar-refractivity contribution in [3.05, 3.63) is 12.2 Å². The Kier molecular flexibility index (Phi) is 8.00. The summed E-state index contributed by atoms with van der Waals surface area (Å²) < 4.78 is 30.6. The molecule has 2 N–H and O–H groups in total. The Balaban J connectivity index is 4.67. The Morgan fingerprint density at radius 3 is 2.20 bits per heavy atom. The monoisotopic (exact) mass is 307 g/mol. The number of nitrogens with one attached hydrogen (secondary N) is 1. The predicted octanol–water partition coefficient (Wildman–Crippen LogP) is 1.51. The molecule has 0 aliphatic carbocycles. The lowest BCUT2D eigenvalue weighted by atomic mass is 10.2. The molecule has 0 aliphatic rings. The second-order valence-electron chi connectivity index (χ2n) is 4.94. The van der Waals surface area contributed by atoms with Gasteiger partial charge in [-0.15, -0.1) is 0 Å². The molecule has 0 saturated heterocycles. The van der Waals surface area contributed by atoms with Crippen LogP contribution in [0.15, 0.2) is 12.2 Å². The quantitative estimate of drug-likeness (QED) is 0.277. The molecule has 0 saturated carbocycles. The van der Waals surface area contributed by atoms with Gasteiger partial charge in [-0.2, -0.15) is 13.8 Å². The second kappa shape index (κ2) is 8.39. The summed E-state index contributed by atoms with van der Waals surface area (Å²) >= 11 is 0. The molecule has 20 heavy (non-hydrogen) atoms. The molecule has 0 atom stereocenters. The molecule has 118 valence electrons. The van der Waals surface area contributed by atoms with E-state index >= 15 is 0 Å². The van der Waals surface area contributed by atoms with Crippen molar-refractivity contribution in [2.45, 2.75) is 40.0 Å². The molecule has 0 heterocycles. The maximum absolute atomic E-state index is 12.0. The van der Waals surface area contributed by atoms with E-state index in [9.17, 15) is 13.2 Å². The minimum atomic E-state index is -3.96. The zero-order chi connectivity index (χ0) is 15.8. The summed E-state index contributed by atoms with van der Waals surface area (Å²) in [5, 5.41) is 0. The van der Waals surface area contributed by atoms with Gasteiger partial charge in [0.1, 0.15) is 6.54 Å². The maximum Gasteiger partial charge on any atom is 0.291 e. The minimum absolute atomic E-state index is 0.192. The van der Waals surface area contributed by atoms with Crippen molar-refractivity contribution >= 4 is 16.0 Å². The molecule has 0 rings (SSSR count). The fourth-order valence-corrected chi connectivity index (χ4v) is 2.51. The van der Waals surface area contributed by atoms with Crippen molar-refractivity contribution in [1.82, 2.24) is 5.43 Å². The molecule has 6 nitrogen and oxygen atoms in total. The highest BCUT2D eigenvalue weighted by Crippen LogP contribution is 2.08. The van der Waals surface area contributed by atoms with Gasteiger partial charge in [0.25, 0.3) is 16.0 Å². The first-order chi connectivity index (χ1) is 9.19. The Morgan fingerprint density at radius 1 is 1.25 bits per heavy atom. The van der Waals surface area contributed by atoms with Gasteiger partial charge in [0.05, 0.1) is 18.8 Å². The van der Waals surface area contributed by atoms with Crippen molar-refractivity contribution < 1.29 is 22.4 Å². The number of amides is 1. The molecular weight excluding hydrogens is 280 g/mol. The van der Waals surface area contributed by atoms with E-state index in [1.165, 1.54) is 0 Å². The van der Waals surface area contributed by atoms with Gasteiger partial charge >= 0.3 is 0 Å². The number of nitrogens with zero attached hydrogens (tertiary/aromatic N) is 1. The smallest absolute Gasteiger partial charge is 0.286 e. The molecule has 0 radical (unpaired) electrons. The lowest BCUT2D eigenvalue weighted by Gasteiger charge is -2.35. The fraction of sp³-hybridized carbons (Fsp3) is 0.769. The van der Waals surface area contributed by atoms with Crippen molar-refractivity contribution in [2.24, 2.45) is 0 Å². The Bertz CT molecular complexity index is 428. The Hall–Kier alpha value is -0.920. The largest absolute Gasteiger partial charge is 0.291 e. The lowest BCUT2D eigenvalue weighted by molar-refractivity contribution is -0.958. The van der Waals surface area contributed by atoms with E-state index in [1.807, 2.05) is 20.8 Å². The van der Waals surface area contributed by atoms with Crippen LogP contribution in [0, 0.1) is 0 Å². The number of carbonyl (C=O) groups is 1. The summed E-state index contributed by atoms with van der Waals surface area (Å²) in [6, 6.07) is 0. The van der Waals surface area contributed by atoms with Crippen LogP contribution in [0.5, 0.6) is 0 Å². The molecule has 0 unspecified atom stereocenters. The van der Waals surface area contributed by atoms with E-state index in [1.54, 1.807) is 0 Å². The lowest BCUT2D eigenvalue weighted by Crippen LogP contribution is -2.60. The molecule has 0 fully saturated rings. The average molecular weight is 307 g/mol. The van der Waals surface area contributed by atoms with Crippen LogP contribution in [-0.2, 0) is 14.9 Å². The van der Waals surface area contributed by atoms with Crippen LogP contribution in [0.2, 0.25) is 0 Å². The normalized spacial score (nSPS) is 12.2. The number of quaternary nitrogens is 1. The maximum atomic E-state index is 12.0. The molecule has 0 spiro atoms. The molecule has 0 aromatic rings. The number of carbonyl (C=O) groups excluding carboxylic acids is 1. The third kappa shape index (κ3) is 7.02. The van der Waals surface area contributed by atoms with Gasteiger partial charge in [0.2, 0.25) is 0 Å². The first-order valence-corrected chi connectivity index (χ1v) is 8.62. The first-order valence-electron chi connectivity index (χ1n) is 7.01. The first kappa shape index (κ1) is 19.1. The van der Waals surface area contributed by atoms with Crippen molar-refractivity contribution in [3.63, 3.8) is 0 Å². The second-order valence-corrected chi connectivity index (χ2v) is 6.51. The van der Waals surface area contributed by atoms with Gasteiger partial charge in [-0.1, -0.05) is 19.9 Å². The Morgan fingerprint density at radius 2 is 1.80 bits per heavy atom. The summed E-state index contributed by atoms with van der Waals surface area (Å²) in [6.07, 6.45) is 1.79. The summed E-state index contributed by atoms with van der Waals surface area (Å²) in [6.45, 7) is 11.3. The molecule has 0 aliphatic heterocycles. The van der Waals surface area contributed by atoms with Crippen LogP contribution in [0.25, 0.3) is 0 Å². The third-order valence-electron chi connectivity index (χ3n) is 3.41. The van der Waals surface area contributed by atoms with Crippen LogP contribution in [0.1, 0.15) is 40.0 Å². The zero-order valence-corrected chi connectivity index (χ0v) is 13.5. The molecule has 1 amide bonds. The molecule has 0 aromatic carbocycles. The van der Waals surface area contributed by atoms with E-state index < -0.39 is 10.1 Å². The Labute approximate surface area is 122 Å². The van der Waals surface area contributed by atoms with E-state index in [2.05, 4.69) is 12.0 Å². The standard InChI is InChI=1S/C13H26N2O4S/c1-5-9-12(4)13(16)14-15(6-2,7-3)10-8-11-20(17,18)19/h4-11H2,1-3H3,(H-,14,16,17,18,19)/p+1. The van der Waals surface area contributed by atoms with Crippen LogP contribution < -0.4 is 5.43 Å². The predicted molar refractivity (Wildman–Crippen MR) is 79.4 cm³/mol. The summed E-state index contributed by atoms with van der Waals surface area (Å²) in [5.41, 5.74) is 3.46. The van der Waals surface area contributed by atoms with Crippen LogP contribution in [0.4, 0.5) is 0 Å². The number of rotatable bonds is 10. The number of hydrogen-bond donors (Lipinski definition) is 2. The topological polar surface area (TPSA) is 83.5 Å². The van der Waals surface area contributed by atoms with Crippen molar-refractivity contribution in [1.29, 1.82) is 0 Å². The van der Waals surface area contributed by atoms with Crippen LogP contribution in [0.3, 0.4) is 0 Å². The van der Waals surface area contributed by atoms with Crippen molar-refractivity contribution in [3.8, 4) is 0 Å². The minimum Gasteiger partial charge on any atom is -0.286 e. The van der Waals surface area contributed by atoms with Crippen LogP contribution >= 0.6 is 0 Å². The summed E-state index contributed by atoms with van der Waals surface area (Å²) in [4.78, 5) is 12.0. The highest BCUT2D eigenvalue weighted by atomic mass is 32.2. The van der Waals surface area contributed by atoms with Crippen molar-refractivity contribution in [2.75, 3.05) is 25.4 Å². The fourth-order valence-electron chi connectivity index (χ4n) is 2.01. The SMILES string of the molecule is C=C(CCC)C(=O)N[N+](CC)(CC)CCCS(=O)(=O)O. The van der Waals surface area contributed by atoms with Gasteiger partial charge in [-0.25, -0.2) is 4.59 Å². The van der Waals surface area contributed by atoms with Gasteiger partial charge in [0.15, 0.2) is 0 Å². The average Bonchev–Trinajstić information content (AvgIpc) is 2.36. The molecular formula is C13H27N2O4S+. The zero-order valence-electron chi connectivity index (χ0n) is 12.7. The van der Waals surface area contributed by atoms with Gasteiger partial charge in [0, 0.05) is 12.0 Å². The van der Waals surface area contributed by atoms with Crippen LogP contribution in [-0.4, -0.2) is 48.9 Å². The van der Waals surface area contributed by atoms with Gasteiger partial charge in [-0.05, 0) is 20.3 Å². The van der Waals surface area contributed by atoms with E-state index in [4.69, 9.17) is 4.55 Å². The van der Waals surface area contributed by atoms with E-state index in [0.29, 0.717) is 38.0 Å². The molecule has 0 bridgehead atoms. The highest BCUT2D eigenvalue weighted by Gasteiger charge is 2.27. The highest BCUT2D eigenvalue weighted by molar-refractivity contribution is 7.85. The van der Waals surface area contributed by atoms with Gasteiger partial charge in [-0.3, -0.25) is 9.35 Å². The molecule has 7 heteroatoms. The summed E-state index contributed by atoms with van der Waals surface area (Å²) in [5.74, 6) is -0.485. The van der Waals surface area contributed by atoms with Gasteiger partial charge < -0.3 is 0 Å². The van der Waals surface area contributed by atoms with E-state index in [0.717, 1.165) is 6.42 Å². The third-order valence-corrected chi connectivity index (χ3v) is 4.22. The molecule has 0 aromatic heterocycles.